The maximum atomic E-state index is 12.8. The van der Waals surface area contributed by atoms with Crippen LogP contribution in [0, 0.1) is 5.92 Å². The van der Waals surface area contributed by atoms with E-state index in [-0.39, 0.29) is 17.5 Å². The number of aromatic nitrogens is 1. The minimum atomic E-state index is 0.0990. The van der Waals surface area contributed by atoms with Gasteiger partial charge in [0.05, 0.1) is 16.8 Å². The van der Waals surface area contributed by atoms with E-state index in [4.69, 9.17) is 11.6 Å². The highest BCUT2D eigenvalue weighted by Crippen LogP contribution is 2.38. The summed E-state index contributed by atoms with van der Waals surface area (Å²) in [6, 6.07) is 13.1. The number of nitrogens with one attached hydrogen (secondary N) is 1. The molecule has 0 atom stereocenters. The molecule has 4 nitrogen and oxygen atoms in total. The Balaban J connectivity index is 1.76. The van der Waals surface area contributed by atoms with Gasteiger partial charge in [0, 0.05) is 34.6 Å². The fraction of sp³-hybridized carbons (Fsp3) is 0.227. The predicted molar refractivity (Wildman–Crippen MR) is 108 cm³/mol. The molecule has 0 saturated heterocycles. The largest absolute Gasteiger partial charge is 0.354 e. The molecule has 3 aromatic rings. The standard InChI is InChI=1S/C22H19ClN2O2/c1-13(26)10-14-2-7-17(8-3-14)25-21-18-11-16(23)6-9-20(18)24-12-19(21)22(27)15-4-5-15/h2-3,6-9,11-12,15H,4-5,10H2,1H3,(H,24,25). The first-order valence-electron chi connectivity index (χ1n) is 8.99. The van der Waals surface area contributed by atoms with Gasteiger partial charge in [0.25, 0.3) is 0 Å². The average molecular weight is 379 g/mol. The van der Waals surface area contributed by atoms with Gasteiger partial charge in [-0.3, -0.25) is 14.6 Å². The van der Waals surface area contributed by atoms with Crippen LogP contribution in [0.5, 0.6) is 0 Å². The Morgan fingerprint density at radius 3 is 2.56 bits per heavy atom. The van der Waals surface area contributed by atoms with Crippen molar-refractivity contribution in [3.05, 3.63) is 64.8 Å². The zero-order chi connectivity index (χ0) is 19.0. The fourth-order valence-corrected chi connectivity index (χ4v) is 3.36. The third-order valence-electron chi connectivity index (χ3n) is 4.72. The summed E-state index contributed by atoms with van der Waals surface area (Å²) in [5, 5.41) is 4.80. The molecular weight excluding hydrogens is 360 g/mol. The van der Waals surface area contributed by atoms with Gasteiger partial charge in [-0.2, -0.15) is 0 Å². The van der Waals surface area contributed by atoms with E-state index in [0.717, 1.165) is 40.7 Å². The first-order chi connectivity index (χ1) is 13.0. The van der Waals surface area contributed by atoms with Crippen molar-refractivity contribution >= 4 is 45.4 Å². The number of benzene rings is 2. The Labute approximate surface area is 162 Å². The number of anilines is 2. The molecule has 0 amide bonds. The smallest absolute Gasteiger partial charge is 0.169 e. The summed E-state index contributed by atoms with van der Waals surface area (Å²) in [5.74, 6) is 0.352. The van der Waals surface area contributed by atoms with E-state index in [2.05, 4.69) is 10.3 Å². The molecular formula is C22H19ClN2O2. The lowest BCUT2D eigenvalue weighted by molar-refractivity contribution is -0.116. The van der Waals surface area contributed by atoms with E-state index in [1.54, 1.807) is 19.2 Å². The number of Topliss-reactive ketones (excluding diaryl/α,β-unsaturated/α-hetero) is 2. The number of hydrogen-bond donors (Lipinski definition) is 1. The Kier molecular flexibility index (Phi) is 4.66. The van der Waals surface area contributed by atoms with Crippen molar-refractivity contribution in [2.24, 2.45) is 5.92 Å². The highest BCUT2D eigenvalue weighted by atomic mass is 35.5. The van der Waals surface area contributed by atoms with E-state index >= 15 is 0 Å². The van der Waals surface area contributed by atoms with Crippen LogP contribution in [0.3, 0.4) is 0 Å². The van der Waals surface area contributed by atoms with E-state index in [0.29, 0.717) is 17.0 Å². The normalized spacial score (nSPS) is 13.6. The third-order valence-corrected chi connectivity index (χ3v) is 4.96. The molecule has 1 aliphatic carbocycles. The van der Waals surface area contributed by atoms with Crippen LogP contribution in [-0.2, 0) is 11.2 Å². The van der Waals surface area contributed by atoms with Crippen LogP contribution in [-0.4, -0.2) is 16.6 Å². The molecule has 27 heavy (non-hydrogen) atoms. The molecule has 136 valence electrons. The zero-order valence-corrected chi connectivity index (χ0v) is 15.7. The van der Waals surface area contributed by atoms with Crippen LogP contribution < -0.4 is 5.32 Å². The highest BCUT2D eigenvalue weighted by Gasteiger charge is 2.32. The number of halogens is 1. The van der Waals surface area contributed by atoms with Crippen LogP contribution in [0.25, 0.3) is 10.9 Å². The van der Waals surface area contributed by atoms with Gasteiger partial charge in [-0.15, -0.1) is 0 Å². The van der Waals surface area contributed by atoms with Gasteiger partial charge in [0.15, 0.2) is 5.78 Å². The number of pyridine rings is 1. The van der Waals surface area contributed by atoms with Gasteiger partial charge in [0.2, 0.25) is 0 Å². The topological polar surface area (TPSA) is 59.1 Å². The molecule has 4 rings (SSSR count). The Hall–Kier alpha value is -2.72. The SMILES string of the molecule is CC(=O)Cc1ccc(Nc2c(C(=O)C3CC3)cnc3ccc(Cl)cc23)cc1. The molecule has 5 heteroatoms. The second kappa shape index (κ2) is 7.12. The van der Waals surface area contributed by atoms with Crippen molar-refractivity contribution < 1.29 is 9.59 Å². The lowest BCUT2D eigenvalue weighted by Crippen LogP contribution is -2.07. The van der Waals surface area contributed by atoms with E-state index in [1.807, 2.05) is 36.4 Å². The molecule has 0 aliphatic heterocycles. The van der Waals surface area contributed by atoms with Gasteiger partial charge >= 0.3 is 0 Å². The number of fused-ring (bicyclic) bond motifs is 1. The number of carbonyl (C=O) groups is 2. The van der Waals surface area contributed by atoms with E-state index in [9.17, 15) is 9.59 Å². The van der Waals surface area contributed by atoms with Crippen LogP contribution in [0.15, 0.2) is 48.7 Å². The summed E-state index contributed by atoms with van der Waals surface area (Å²) in [5.41, 5.74) is 3.92. The van der Waals surface area contributed by atoms with Gasteiger partial charge in [0.1, 0.15) is 5.78 Å². The summed E-state index contributed by atoms with van der Waals surface area (Å²) in [6.07, 6.45) is 3.94. The van der Waals surface area contributed by atoms with Gasteiger partial charge in [-0.1, -0.05) is 23.7 Å². The summed E-state index contributed by atoms with van der Waals surface area (Å²) >= 11 is 6.20. The Morgan fingerprint density at radius 1 is 1.15 bits per heavy atom. The van der Waals surface area contributed by atoms with Gasteiger partial charge in [-0.05, 0) is 55.7 Å². The average Bonchev–Trinajstić information content (AvgIpc) is 3.48. The van der Waals surface area contributed by atoms with Crippen LogP contribution in [0.2, 0.25) is 5.02 Å². The van der Waals surface area contributed by atoms with Crippen LogP contribution in [0.1, 0.15) is 35.7 Å². The minimum Gasteiger partial charge on any atom is -0.354 e. The quantitative estimate of drug-likeness (QED) is 0.587. The molecule has 0 spiro atoms. The van der Waals surface area contributed by atoms with Crippen molar-refractivity contribution in [2.75, 3.05) is 5.32 Å². The van der Waals surface area contributed by atoms with E-state index in [1.165, 1.54) is 0 Å². The first-order valence-corrected chi connectivity index (χ1v) is 9.37. The molecule has 0 bridgehead atoms. The molecule has 1 aromatic heterocycles. The molecule has 1 aliphatic rings. The lowest BCUT2D eigenvalue weighted by Gasteiger charge is -2.15. The van der Waals surface area contributed by atoms with Gasteiger partial charge < -0.3 is 5.32 Å². The Bertz CT molecular complexity index is 1040. The second-order valence-corrected chi connectivity index (χ2v) is 7.48. The lowest BCUT2D eigenvalue weighted by atomic mass is 10.0. The molecule has 1 saturated carbocycles. The summed E-state index contributed by atoms with van der Waals surface area (Å²) < 4.78 is 0. The maximum Gasteiger partial charge on any atom is 0.169 e. The van der Waals surface area contributed by atoms with Crippen molar-refractivity contribution in [2.45, 2.75) is 26.2 Å². The second-order valence-electron chi connectivity index (χ2n) is 7.05. The highest BCUT2D eigenvalue weighted by molar-refractivity contribution is 6.31. The van der Waals surface area contributed by atoms with E-state index < -0.39 is 0 Å². The molecule has 2 aromatic carbocycles. The van der Waals surface area contributed by atoms with Crippen molar-refractivity contribution in [1.82, 2.24) is 4.98 Å². The zero-order valence-electron chi connectivity index (χ0n) is 15.0. The minimum absolute atomic E-state index is 0.0990. The first kappa shape index (κ1) is 17.7. The van der Waals surface area contributed by atoms with Crippen molar-refractivity contribution in [3.8, 4) is 0 Å². The number of carbonyl (C=O) groups excluding carboxylic acids is 2. The predicted octanol–water partition coefficient (Wildman–Crippen LogP) is 5.36. The number of rotatable bonds is 6. The summed E-state index contributed by atoms with van der Waals surface area (Å²) in [7, 11) is 0. The summed E-state index contributed by atoms with van der Waals surface area (Å²) in [6.45, 7) is 1.58. The van der Waals surface area contributed by atoms with Crippen LogP contribution >= 0.6 is 11.6 Å². The maximum absolute atomic E-state index is 12.8. The Morgan fingerprint density at radius 2 is 1.89 bits per heavy atom. The van der Waals surface area contributed by atoms with Gasteiger partial charge in [-0.25, -0.2) is 0 Å². The van der Waals surface area contributed by atoms with Crippen LogP contribution in [0.4, 0.5) is 11.4 Å². The molecule has 0 radical (unpaired) electrons. The molecule has 1 N–H and O–H groups in total. The molecule has 1 heterocycles. The van der Waals surface area contributed by atoms with Crippen molar-refractivity contribution in [1.29, 1.82) is 0 Å². The fourth-order valence-electron chi connectivity index (χ4n) is 3.19. The van der Waals surface area contributed by atoms with Crippen molar-refractivity contribution in [3.63, 3.8) is 0 Å². The number of hydrogen-bond acceptors (Lipinski definition) is 4. The number of ketones is 2. The monoisotopic (exact) mass is 378 g/mol. The molecule has 1 fully saturated rings. The summed E-state index contributed by atoms with van der Waals surface area (Å²) in [4.78, 5) is 28.5. The third kappa shape index (κ3) is 3.86. The number of nitrogens with zero attached hydrogens (tertiary/aromatic N) is 1. The molecule has 0 unspecified atom stereocenters.